The summed E-state index contributed by atoms with van der Waals surface area (Å²) in [6, 6.07) is -0.879. The fraction of sp³-hybridized carbons (Fsp3) is 0.700. The molecule has 1 aliphatic rings. The first-order valence-corrected chi connectivity index (χ1v) is 5.38. The number of carboxylic acids is 1. The van der Waals surface area contributed by atoms with E-state index in [-0.39, 0.29) is 6.54 Å². The van der Waals surface area contributed by atoms with Crippen molar-refractivity contribution in [3.63, 3.8) is 0 Å². The van der Waals surface area contributed by atoms with Crippen molar-refractivity contribution in [2.45, 2.75) is 18.9 Å². The van der Waals surface area contributed by atoms with Gasteiger partial charge in [0.1, 0.15) is 6.04 Å². The van der Waals surface area contributed by atoms with E-state index in [4.69, 9.17) is 9.84 Å². The normalized spacial score (nSPS) is 19.1. The van der Waals surface area contributed by atoms with Gasteiger partial charge in [0.15, 0.2) is 0 Å². The van der Waals surface area contributed by atoms with Crippen LogP contribution in [0, 0.1) is 0 Å². The quantitative estimate of drug-likeness (QED) is 0.479. The lowest BCUT2D eigenvalue weighted by Crippen LogP contribution is -2.48. The van der Waals surface area contributed by atoms with E-state index in [0.717, 1.165) is 4.90 Å². The van der Waals surface area contributed by atoms with Crippen LogP contribution < -0.4 is 5.32 Å². The minimum atomic E-state index is -1.07. The summed E-state index contributed by atoms with van der Waals surface area (Å²) in [4.78, 5) is 35.0. The third-order valence-corrected chi connectivity index (χ3v) is 2.58. The topological polar surface area (TPSA) is 95.9 Å². The molecule has 1 atom stereocenters. The van der Waals surface area contributed by atoms with Crippen molar-refractivity contribution in [1.29, 1.82) is 0 Å². The number of methoxy groups -OCH3 is 1. The summed E-state index contributed by atoms with van der Waals surface area (Å²) in [6.07, 6.45) is 1.00. The SMILES string of the molecule is COCCNC(=O)C(=O)N1CCCC1C(=O)O. The molecule has 7 heteroatoms. The van der Waals surface area contributed by atoms with Crippen molar-refractivity contribution in [1.82, 2.24) is 10.2 Å². The molecule has 0 saturated carbocycles. The van der Waals surface area contributed by atoms with Gasteiger partial charge in [-0.2, -0.15) is 0 Å². The molecular weight excluding hydrogens is 228 g/mol. The second-order valence-corrected chi connectivity index (χ2v) is 3.74. The first-order chi connectivity index (χ1) is 8.07. The zero-order valence-electron chi connectivity index (χ0n) is 9.64. The van der Waals surface area contributed by atoms with E-state index in [2.05, 4.69) is 5.32 Å². The van der Waals surface area contributed by atoms with Crippen molar-refractivity contribution in [3.8, 4) is 0 Å². The maximum Gasteiger partial charge on any atom is 0.326 e. The number of aliphatic carboxylic acids is 1. The third-order valence-electron chi connectivity index (χ3n) is 2.58. The van der Waals surface area contributed by atoms with Gasteiger partial charge in [0, 0.05) is 20.2 Å². The van der Waals surface area contributed by atoms with Crippen LogP contribution in [0.1, 0.15) is 12.8 Å². The molecular formula is C10H16N2O5. The van der Waals surface area contributed by atoms with Gasteiger partial charge in [-0.3, -0.25) is 9.59 Å². The number of carboxylic acid groups (broad SMARTS) is 1. The number of carbonyl (C=O) groups excluding carboxylic acids is 2. The van der Waals surface area contributed by atoms with E-state index in [0.29, 0.717) is 26.0 Å². The Kier molecular flexibility index (Phi) is 4.89. The standard InChI is InChI=1S/C10H16N2O5/c1-17-6-4-11-8(13)9(14)12-5-2-3-7(12)10(15)16/h7H,2-6H2,1H3,(H,11,13)(H,15,16). The summed E-state index contributed by atoms with van der Waals surface area (Å²) in [5, 5.41) is 11.3. The molecule has 1 rings (SSSR count). The van der Waals surface area contributed by atoms with Crippen molar-refractivity contribution in [2.75, 3.05) is 26.8 Å². The number of amides is 2. The predicted molar refractivity (Wildman–Crippen MR) is 57.3 cm³/mol. The Morgan fingerprint density at radius 1 is 1.47 bits per heavy atom. The highest BCUT2D eigenvalue weighted by molar-refractivity contribution is 6.35. The summed E-state index contributed by atoms with van der Waals surface area (Å²) < 4.78 is 4.72. The highest BCUT2D eigenvalue weighted by Crippen LogP contribution is 2.17. The largest absolute Gasteiger partial charge is 0.480 e. The van der Waals surface area contributed by atoms with Gasteiger partial charge in [-0.1, -0.05) is 0 Å². The molecule has 1 heterocycles. The molecule has 2 N–H and O–H groups in total. The highest BCUT2D eigenvalue weighted by Gasteiger charge is 2.36. The van der Waals surface area contributed by atoms with Crippen LogP contribution in [0.3, 0.4) is 0 Å². The molecule has 1 fully saturated rings. The van der Waals surface area contributed by atoms with Crippen LogP contribution in [0.25, 0.3) is 0 Å². The van der Waals surface area contributed by atoms with E-state index in [1.807, 2.05) is 0 Å². The first kappa shape index (κ1) is 13.4. The summed E-state index contributed by atoms with van der Waals surface area (Å²) >= 11 is 0. The van der Waals surface area contributed by atoms with Gasteiger partial charge >= 0.3 is 17.8 Å². The maximum atomic E-state index is 11.7. The molecule has 17 heavy (non-hydrogen) atoms. The number of carbonyl (C=O) groups is 3. The number of rotatable bonds is 4. The Morgan fingerprint density at radius 2 is 2.18 bits per heavy atom. The smallest absolute Gasteiger partial charge is 0.326 e. The maximum absolute atomic E-state index is 11.7. The molecule has 0 radical (unpaired) electrons. The molecule has 0 spiro atoms. The monoisotopic (exact) mass is 244 g/mol. The molecule has 1 aliphatic heterocycles. The number of likely N-dealkylation sites (tertiary alicyclic amines) is 1. The molecule has 7 nitrogen and oxygen atoms in total. The zero-order valence-corrected chi connectivity index (χ0v) is 9.64. The van der Waals surface area contributed by atoms with Crippen molar-refractivity contribution in [2.24, 2.45) is 0 Å². The van der Waals surface area contributed by atoms with E-state index in [1.54, 1.807) is 0 Å². The van der Waals surface area contributed by atoms with Gasteiger partial charge in [0.2, 0.25) is 0 Å². The minimum absolute atomic E-state index is 0.229. The number of hydrogen-bond donors (Lipinski definition) is 2. The van der Waals surface area contributed by atoms with Gasteiger partial charge in [-0.05, 0) is 12.8 Å². The number of nitrogens with zero attached hydrogens (tertiary/aromatic N) is 1. The Hall–Kier alpha value is -1.63. The van der Waals surface area contributed by atoms with Crippen LogP contribution in [0.2, 0.25) is 0 Å². The van der Waals surface area contributed by atoms with Gasteiger partial charge in [-0.15, -0.1) is 0 Å². The van der Waals surface area contributed by atoms with Crippen LogP contribution in [-0.4, -0.2) is 60.6 Å². The second-order valence-electron chi connectivity index (χ2n) is 3.74. The average Bonchev–Trinajstić information content (AvgIpc) is 2.77. The van der Waals surface area contributed by atoms with Crippen LogP contribution in [0.15, 0.2) is 0 Å². The fourth-order valence-electron chi connectivity index (χ4n) is 1.74. The van der Waals surface area contributed by atoms with Gasteiger partial charge in [0.25, 0.3) is 0 Å². The summed E-state index contributed by atoms with van der Waals surface area (Å²) in [5.74, 6) is -2.64. The van der Waals surface area contributed by atoms with Gasteiger partial charge in [0.05, 0.1) is 6.61 Å². The van der Waals surface area contributed by atoms with Crippen molar-refractivity contribution in [3.05, 3.63) is 0 Å². The predicted octanol–water partition coefficient (Wildman–Crippen LogP) is -1.18. The molecule has 1 unspecified atom stereocenters. The average molecular weight is 244 g/mol. The number of nitrogens with one attached hydrogen (secondary N) is 1. The lowest BCUT2D eigenvalue weighted by atomic mass is 10.2. The molecule has 0 aromatic rings. The lowest BCUT2D eigenvalue weighted by molar-refractivity contribution is -0.152. The van der Waals surface area contributed by atoms with Crippen molar-refractivity contribution >= 4 is 17.8 Å². The molecule has 0 bridgehead atoms. The molecule has 0 aromatic carbocycles. The zero-order chi connectivity index (χ0) is 12.8. The third kappa shape index (κ3) is 3.42. The lowest BCUT2D eigenvalue weighted by Gasteiger charge is -2.20. The Morgan fingerprint density at radius 3 is 2.76 bits per heavy atom. The van der Waals surface area contributed by atoms with Crippen LogP contribution in [-0.2, 0) is 19.1 Å². The Bertz CT molecular complexity index is 318. The Balaban J connectivity index is 2.51. The van der Waals surface area contributed by atoms with Crippen molar-refractivity contribution < 1.29 is 24.2 Å². The van der Waals surface area contributed by atoms with E-state index < -0.39 is 23.8 Å². The molecule has 1 saturated heterocycles. The number of ether oxygens (including phenoxy) is 1. The van der Waals surface area contributed by atoms with Crippen LogP contribution in [0.5, 0.6) is 0 Å². The van der Waals surface area contributed by atoms with Crippen LogP contribution in [0.4, 0.5) is 0 Å². The molecule has 0 aliphatic carbocycles. The molecule has 0 aromatic heterocycles. The first-order valence-electron chi connectivity index (χ1n) is 5.38. The summed E-state index contributed by atoms with van der Waals surface area (Å²) in [5.41, 5.74) is 0. The van der Waals surface area contributed by atoms with E-state index in [1.165, 1.54) is 7.11 Å². The summed E-state index contributed by atoms with van der Waals surface area (Å²) in [6.45, 7) is 0.849. The second kappa shape index (κ2) is 6.19. The Labute approximate surface area is 98.7 Å². The van der Waals surface area contributed by atoms with E-state index in [9.17, 15) is 14.4 Å². The van der Waals surface area contributed by atoms with E-state index >= 15 is 0 Å². The summed E-state index contributed by atoms with van der Waals surface area (Å²) in [7, 11) is 1.48. The number of hydrogen-bond acceptors (Lipinski definition) is 4. The molecule has 2 amide bonds. The van der Waals surface area contributed by atoms with Crippen LogP contribution >= 0.6 is 0 Å². The molecule has 96 valence electrons. The minimum Gasteiger partial charge on any atom is -0.480 e. The van der Waals surface area contributed by atoms with Gasteiger partial charge < -0.3 is 20.1 Å². The highest BCUT2D eigenvalue weighted by atomic mass is 16.5. The van der Waals surface area contributed by atoms with Gasteiger partial charge in [-0.25, -0.2) is 4.79 Å². The fourth-order valence-corrected chi connectivity index (χ4v) is 1.74.